The van der Waals surface area contributed by atoms with Crippen LogP contribution in [0.1, 0.15) is 39.0 Å². The third kappa shape index (κ3) is 7.61. The molecule has 1 amide bonds. The van der Waals surface area contributed by atoms with Crippen LogP contribution in [0.3, 0.4) is 0 Å². The Morgan fingerprint density at radius 2 is 1.88 bits per heavy atom. The number of amides is 1. The second-order valence-corrected chi connectivity index (χ2v) is 6.77. The van der Waals surface area contributed by atoms with Crippen molar-refractivity contribution in [3.8, 4) is 0 Å². The van der Waals surface area contributed by atoms with Crippen molar-refractivity contribution in [3.05, 3.63) is 0 Å². The van der Waals surface area contributed by atoms with Crippen LogP contribution in [-0.2, 0) is 14.3 Å². The summed E-state index contributed by atoms with van der Waals surface area (Å²) < 4.78 is 10.4. The smallest absolute Gasteiger partial charge is 0.230 e. The fourth-order valence-electron chi connectivity index (χ4n) is 3.16. The maximum atomic E-state index is 12.6. The molecule has 0 aromatic heterocycles. The predicted molar refractivity (Wildman–Crippen MR) is 101 cm³/mol. The largest absolute Gasteiger partial charge is 0.382 e. The molecule has 0 heterocycles. The molecule has 7 heteroatoms. The Balaban J connectivity index is 2.48. The van der Waals surface area contributed by atoms with E-state index in [0.29, 0.717) is 26.4 Å². The minimum atomic E-state index is -0.324. The highest BCUT2D eigenvalue weighted by Gasteiger charge is 2.41. The molecular weight excluding hydrogens is 320 g/mol. The third-order valence-electron chi connectivity index (χ3n) is 4.49. The van der Waals surface area contributed by atoms with Gasteiger partial charge in [0.25, 0.3) is 0 Å². The fourth-order valence-corrected chi connectivity index (χ4v) is 3.16. The molecule has 0 unspecified atom stereocenters. The molecule has 0 aromatic carbocycles. The van der Waals surface area contributed by atoms with Crippen molar-refractivity contribution in [1.29, 1.82) is 0 Å². The lowest BCUT2D eigenvalue weighted by Gasteiger charge is -2.29. The Kier molecular flexibility index (Phi) is 10.5. The van der Waals surface area contributed by atoms with Gasteiger partial charge in [0.15, 0.2) is 5.96 Å². The molecule has 0 bridgehead atoms. The lowest BCUT2D eigenvalue weighted by Crippen LogP contribution is -2.43. The SMILES string of the molecule is CCNC(=NCC1(C(=O)N(C)C)CCCC1)NCCCOCCOC. The van der Waals surface area contributed by atoms with Gasteiger partial charge in [-0.2, -0.15) is 0 Å². The van der Waals surface area contributed by atoms with Crippen LogP contribution in [0, 0.1) is 5.41 Å². The van der Waals surface area contributed by atoms with Crippen molar-refractivity contribution in [2.75, 3.05) is 60.7 Å². The van der Waals surface area contributed by atoms with E-state index in [2.05, 4.69) is 10.6 Å². The number of rotatable bonds is 11. The normalized spacial score (nSPS) is 16.7. The van der Waals surface area contributed by atoms with Gasteiger partial charge in [0, 0.05) is 40.9 Å². The van der Waals surface area contributed by atoms with Crippen LogP contribution < -0.4 is 10.6 Å². The van der Waals surface area contributed by atoms with Crippen LogP contribution in [-0.4, -0.2) is 77.4 Å². The molecule has 2 N–H and O–H groups in total. The van der Waals surface area contributed by atoms with Crippen LogP contribution in [0.5, 0.6) is 0 Å². The number of methoxy groups -OCH3 is 1. The molecular formula is C18H36N4O3. The minimum Gasteiger partial charge on any atom is -0.382 e. The zero-order valence-electron chi connectivity index (χ0n) is 16.4. The third-order valence-corrected chi connectivity index (χ3v) is 4.49. The lowest BCUT2D eigenvalue weighted by molar-refractivity contribution is -0.138. The van der Waals surface area contributed by atoms with E-state index in [0.717, 1.165) is 51.2 Å². The van der Waals surface area contributed by atoms with E-state index >= 15 is 0 Å². The van der Waals surface area contributed by atoms with Crippen LogP contribution in [0.2, 0.25) is 0 Å². The molecule has 1 aliphatic rings. The Hall–Kier alpha value is -1.34. The summed E-state index contributed by atoms with van der Waals surface area (Å²) in [5.74, 6) is 0.980. The van der Waals surface area contributed by atoms with Crippen molar-refractivity contribution < 1.29 is 14.3 Å². The average Bonchev–Trinajstić information content (AvgIpc) is 3.08. The number of nitrogens with zero attached hydrogens (tertiary/aromatic N) is 2. The molecule has 0 atom stereocenters. The van der Waals surface area contributed by atoms with E-state index < -0.39 is 0 Å². The average molecular weight is 357 g/mol. The molecule has 1 aliphatic carbocycles. The Bertz CT molecular complexity index is 407. The predicted octanol–water partition coefficient (Wildman–Crippen LogP) is 1.24. The second-order valence-electron chi connectivity index (χ2n) is 6.77. The van der Waals surface area contributed by atoms with E-state index in [1.54, 1.807) is 12.0 Å². The molecule has 0 saturated heterocycles. The molecule has 1 saturated carbocycles. The number of aliphatic imine (C=N–C) groups is 1. The Morgan fingerprint density at radius 3 is 2.48 bits per heavy atom. The maximum absolute atomic E-state index is 12.6. The van der Waals surface area contributed by atoms with Gasteiger partial charge in [0.05, 0.1) is 25.2 Å². The standard InChI is InChI=1S/C18H36N4O3/c1-5-19-17(20-11-8-12-25-14-13-24-4)21-15-18(9-6-7-10-18)16(23)22(2)3/h5-15H2,1-4H3,(H2,19,20,21). The summed E-state index contributed by atoms with van der Waals surface area (Å²) in [6.07, 6.45) is 4.98. The highest BCUT2D eigenvalue weighted by molar-refractivity contribution is 5.84. The molecule has 0 spiro atoms. The molecule has 0 aromatic rings. The van der Waals surface area contributed by atoms with Gasteiger partial charge in [0.1, 0.15) is 0 Å². The Morgan fingerprint density at radius 1 is 1.16 bits per heavy atom. The number of carbonyl (C=O) groups is 1. The van der Waals surface area contributed by atoms with Gasteiger partial charge >= 0.3 is 0 Å². The van der Waals surface area contributed by atoms with Crippen molar-refractivity contribution in [2.24, 2.45) is 10.4 Å². The van der Waals surface area contributed by atoms with Crippen molar-refractivity contribution in [2.45, 2.75) is 39.0 Å². The zero-order valence-corrected chi connectivity index (χ0v) is 16.4. The number of ether oxygens (including phenoxy) is 2. The summed E-state index contributed by atoms with van der Waals surface area (Å²) in [5, 5.41) is 6.58. The molecule has 1 rings (SSSR count). The van der Waals surface area contributed by atoms with E-state index in [1.807, 2.05) is 21.0 Å². The van der Waals surface area contributed by atoms with Crippen molar-refractivity contribution >= 4 is 11.9 Å². The van der Waals surface area contributed by atoms with E-state index in [-0.39, 0.29) is 11.3 Å². The minimum absolute atomic E-state index is 0.205. The first-order chi connectivity index (χ1) is 12.1. The quantitative estimate of drug-likeness (QED) is 0.331. The van der Waals surface area contributed by atoms with Gasteiger partial charge in [0.2, 0.25) is 5.91 Å². The topological polar surface area (TPSA) is 75.2 Å². The zero-order chi connectivity index (χ0) is 18.5. The van der Waals surface area contributed by atoms with Crippen LogP contribution in [0.4, 0.5) is 0 Å². The molecule has 146 valence electrons. The maximum Gasteiger partial charge on any atom is 0.230 e. The van der Waals surface area contributed by atoms with Crippen molar-refractivity contribution in [1.82, 2.24) is 15.5 Å². The Labute approximate surface area is 152 Å². The molecule has 0 aliphatic heterocycles. The van der Waals surface area contributed by atoms with Gasteiger partial charge in [-0.25, -0.2) is 0 Å². The molecule has 7 nitrogen and oxygen atoms in total. The summed E-state index contributed by atoms with van der Waals surface area (Å²) in [6, 6.07) is 0. The van der Waals surface area contributed by atoms with Gasteiger partial charge in [-0.05, 0) is 26.2 Å². The monoisotopic (exact) mass is 356 g/mol. The van der Waals surface area contributed by atoms with Crippen LogP contribution >= 0.6 is 0 Å². The van der Waals surface area contributed by atoms with Crippen molar-refractivity contribution in [3.63, 3.8) is 0 Å². The fraction of sp³-hybridized carbons (Fsp3) is 0.889. The summed E-state index contributed by atoms with van der Waals surface area (Å²) in [7, 11) is 5.33. The summed E-state index contributed by atoms with van der Waals surface area (Å²) in [6.45, 7) is 6.11. The van der Waals surface area contributed by atoms with E-state index in [1.165, 1.54) is 0 Å². The summed E-state index contributed by atoms with van der Waals surface area (Å²) in [4.78, 5) is 19.0. The first-order valence-corrected chi connectivity index (χ1v) is 9.36. The van der Waals surface area contributed by atoms with Crippen LogP contribution in [0.15, 0.2) is 4.99 Å². The summed E-state index contributed by atoms with van der Waals surface area (Å²) >= 11 is 0. The molecule has 0 radical (unpaired) electrons. The first-order valence-electron chi connectivity index (χ1n) is 9.36. The highest BCUT2D eigenvalue weighted by Crippen LogP contribution is 2.39. The van der Waals surface area contributed by atoms with Gasteiger partial charge < -0.3 is 25.0 Å². The number of hydrogen-bond acceptors (Lipinski definition) is 4. The summed E-state index contributed by atoms with van der Waals surface area (Å²) in [5.41, 5.74) is -0.324. The van der Waals surface area contributed by atoms with E-state index in [4.69, 9.17) is 14.5 Å². The van der Waals surface area contributed by atoms with Gasteiger partial charge in [-0.15, -0.1) is 0 Å². The molecule has 25 heavy (non-hydrogen) atoms. The first kappa shape index (κ1) is 21.7. The number of hydrogen-bond donors (Lipinski definition) is 2. The number of nitrogens with one attached hydrogen (secondary N) is 2. The molecule has 1 fully saturated rings. The van der Waals surface area contributed by atoms with Crippen LogP contribution in [0.25, 0.3) is 0 Å². The number of guanidine groups is 1. The number of carbonyl (C=O) groups excluding carboxylic acids is 1. The van der Waals surface area contributed by atoms with Gasteiger partial charge in [-0.3, -0.25) is 9.79 Å². The van der Waals surface area contributed by atoms with Gasteiger partial charge in [-0.1, -0.05) is 12.8 Å². The van der Waals surface area contributed by atoms with E-state index in [9.17, 15) is 4.79 Å². The lowest BCUT2D eigenvalue weighted by atomic mass is 9.85. The highest BCUT2D eigenvalue weighted by atomic mass is 16.5. The second kappa shape index (κ2) is 12.1.